The lowest BCUT2D eigenvalue weighted by Gasteiger charge is -2.23. The van der Waals surface area contributed by atoms with Gasteiger partial charge in [0.2, 0.25) is 11.7 Å². The number of thioether (sulfide) groups is 1. The van der Waals surface area contributed by atoms with Crippen LogP contribution in [0.15, 0.2) is 35.2 Å². The molecule has 2 aliphatic rings. The number of anilines is 1. The second-order valence-electron chi connectivity index (χ2n) is 7.27. The van der Waals surface area contributed by atoms with Crippen molar-refractivity contribution in [3.8, 4) is 0 Å². The van der Waals surface area contributed by atoms with Crippen LogP contribution in [0.1, 0.15) is 47.1 Å². The van der Waals surface area contributed by atoms with Gasteiger partial charge in [0.25, 0.3) is 0 Å². The van der Waals surface area contributed by atoms with Gasteiger partial charge in [-0.05, 0) is 44.9 Å². The van der Waals surface area contributed by atoms with E-state index in [0.717, 1.165) is 34.8 Å². The molecule has 1 atom stereocenters. The Morgan fingerprint density at radius 2 is 2.00 bits per heavy atom. The molecule has 0 bridgehead atoms. The lowest BCUT2D eigenvalue weighted by Crippen LogP contribution is -2.31. The van der Waals surface area contributed by atoms with Gasteiger partial charge in [-0.1, -0.05) is 12.1 Å². The summed E-state index contributed by atoms with van der Waals surface area (Å²) in [7, 11) is 0. The van der Waals surface area contributed by atoms with Gasteiger partial charge in [-0.3, -0.25) is 14.4 Å². The number of Topliss-reactive ketones (excluding diaryl/α,β-unsaturated/α-hetero) is 1. The third-order valence-corrected chi connectivity index (χ3v) is 6.39. The highest BCUT2D eigenvalue weighted by Crippen LogP contribution is 2.38. The first kappa shape index (κ1) is 18.8. The number of aromatic nitrogens is 1. The molecule has 1 aliphatic carbocycles. The molecule has 0 saturated heterocycles. The molecule has 0 unspecified atom stereocenters. The van der Waals surface area contributed by atoms with Crippen molar-refractivity contribution in [2.45, 2.75) is 49.3 Å². The quantitative estimate of drug-likeness (QED) is 0.593. The number of nitrogens with zero attached hydrogens (tertiary/aromatic N) is 1. The number of para-hydroxylation sites is 1. The second kappa shape index (κ2) is 7.47. The van der Waals surface area contributed by atoms with E-state index in [1.165, 1.54) is 11.8 Å². The third kappa shape index (κ3) is 3.71. The van der Waals surface area contributed by atoms with Crippen LogP contribution in [0.25, 0.3) is 0 Å². The van der Waals surface area contributed by atoms with Crippen molar-refractivity contribution in [1.82, 2.24) is 4.57 Å². The predicted molar refractivity (Wildman–Crippen MR) is 107 cm³/mol. The summed E-state index contributed by atoms with van der Waals surface area (Å²) in [6.45, 7) is 3.62. The van der Waals surface area contributed by atoms with E-state index in [9.17, 15) is 14.4 Å². The summed E-state index contributed by atoms with van der Waals surface area (Å²) in [4.78, 5) is 37.8. The predicted octanol–water partition coefficient (Wildman–Crippen LogP) is 3.67. The fourth-order valence-electron chi connectivity index (χ4n) is 3.62. The zero-order valence-electron chi connectivity index (χ0n) is 15.9. The van der Waals surface area contributed by atoms with Crippen LogP contribution < -0.4 is 5.32 Å². The Morgan fingerprint density at radius 1 is 1.25 bits per heavy atom. The van der Waals surface area contributed by atoms with E-state index in [2.05, 4.69) is 9.88 Å². The molecule has 1 aliphatic heterocycles. The van der Waals surface area contributed by atoms with Crippen LogP contribution in [0.5, 0.6) is 0 Å². The summed E-state index contributed by atoms with van der Waals surface area (Å²) in [5.41, 5.74) is 3.35. The van der Waals surface area contributed by atoms with Crippen molar-refractivity contribution in [3.05, 3.63) is 47.3 Å². The van der Waals surface area contributed by atoms with Crippen LogP contribution in [-0.2, 0) is 14.3 Å². The van der Waals surface area contributed by atoms with Crippen molar-refractivity contribution in [3.63, 3.8) is 0 Å². The van der Waals surface area contributed by atoms with Crippen molar-refractivity contribution in [2.75, 3.05) is 11.9 Å². The van der Waals surface area contributed by atoms with Crippen LogP contribution in [0.4, 0.5) is 5.69 Å². The monoisotopic (exact) mass is 398 g/mol. The summed E-state index contributed by atoms with van der Waals surface area (Å²) in [5.74, 6) is -0.976. The molecule has 0 radical (unpaired) electrons. The fourth-order valence-corrected chi connectivity index (χ4v) is 4.71. The Bertz CT molecular complexity index is 961. The summed E-state index contributed by atoms with van der Waals surface area (Å²) in [6, 6.07) is 9.82. The minimum absolute atomic E-state index is 0.0702. The first-order valence-corrected chi connectivity index (χ1v) is 10.3. The molecule has 28 heavy (non-hydrogen) atoms. The van der Waals surface area contributed by atoms with Gasteiger partial charge < -0.3 is 14.6 Å². The van der Waals surface area contributed by atoms with Crippen LogP contribution >= 0.6 is 11.8 Å². The summed E-state index contributed by atoms with van der Waals surface area (Å²) in [5, 5.41) is 2.24. The average Bonchev–Trinajstić information content (AvgIpc) is 3.45. The minimum atomic E-state index is -0.558. The van der Waals surface area contributed by atoms with Crippen molar-refractivity contribution < 1.29 is 19.1 Å². The molecular weight excluding hydrogens is 376 g/mol. The number of fused-ring (bicyclic) bond motifs is 1. The Labute approximate surface area is 167 Å². The number of rotatable bonds is 6. The molecule has 2 aromatic rings. The summed E-state index contributed by atoms with van der Waals surface area (Å²) in [6.07, 6.45) is 2.21. The van der Waals surface area contributed by atoms with E-state index < -0.39 is 11.2 Å². The lowest BCUT2D eigenvalue weighted by atomic mass is 10.1. The fraction of sp³-hybridized carbons (Fsp3) is 0.381. The smallest absolute Gasteiger partial charge is 0.307 e. The molecule has 1 aromatic heterocycles. The lowest BCUT2D eigenvalue weighted by molar-refractivity contribution is -0.143. The number of benzene rings is 1. The molecule has 4 rings (SSSR count). The van der Waals surface area contributed by atoms with Gasteiger partial charge in [-0.25, -0.2) is 0 Å². The number of hydrogen-bond acceptors (Lipinski definition) is 5. The molecule has 2 heterocycles. The SMILES string of the molecule is Cc1cc(C(=O)COC(=O)C[C@@H]2Sc3ccccc3NC2=O)c(C)n1C1CC1. The van der Waals surface area contributed by atoms with Crippen LogP contribution in [0.2, 0.25) is 0 Å². The molecule has 1 amide bonds. The van der Waals surface area contributed by atoms with E-state index >= 15 is 0 Å². The van der Waals surface area contributed by atoms with Gasteiger partial charge in [0.1, 0.15) is 0 Å². The van der Waals surface area contributed by atoms with E-state index in [1.54, 1.807) is 0 Å². The van der Waals surface area contributed by atoms with Gasteiger partial charge in [-0.15, -0.1) is 11.8 Å². The zero-order chi connectivity index (χ0) is 19.8. The van der Waals surface area contributed by atoms with E-state index in [-0.39, 0.29) is 24.7 Å². The number of nitrogens with one attached hydrogen (secondary N) is 1. The van der Waals surface area contributed by atoms with Crippen molar-refractivity contribution in [2.24, 2.45) is 0 Å². The maximum atomic E-state index is 12.5. The standard InChI is InChI=1S/C21H22N2O4S/c1-12-9-15(13(2)23(12)14-7-8-14)17(24)11-27-20(25)10-19-21(26)22-16-5-3-4-6-18(16)28-19/h3-6,9,14,19H,7-8,10-11H2,1-2H3,(H,22,26)/t19-/m0/s1. The van der Waals surface area contributed by atoms with Crippen LogP contribution in [0, 0.1) is 13.8 Å². The average molecular weight is 398 g/mol. The third-order valence-electron chi connectivity index (χ3n) is 5.12. The van der Waals surface area contributed by atoms with Gasteiger partial charge in [-0.2, -0.15) is 0 Å². The van der Waals surface area contributed by atoms with Crippen molar-refractivity contribution in [1.29, 1.82) is 0 Å². The first-order valence-electron chi connectivity index (χ1n) is 9.38. The maximum absolute atomic E-state index is 12.5. The van der Waals surface area contributed by atoms with Crippen LogP contribution in [-0.4, -0.2) is 34.1 Å². The van der Waals surface area contributed by atoms with Gasteiger partial charge in [0.15, 0.2) is 6.61 Å². The van der Waals surface area contributed by atoms with Crippen LogP contribution in [0.3, 0.4) is 0 Å². The Balaban J connectivity index is 1.34. The number of ether oxygens (including phenoxy) is 1. The molecule has 6 nitrogen and oxygen atoms in total. The molecule has 1 aromatic carbocycles. The number of carbonyl (C=O) groups is 3. The highest BCUT2D eigenvalue weighted by atomic mass is 32.2. The Hall–Kier alpha value is -2.54. The molecule has 1 N–H and O–H groups in total. The summed E-state index contributed by atoms with van der Waals surface area (Å²) < 4.78 is 7.38. The summed E-state index contributed by atoms with van der Waals surface area (Å²) >= 11 is 1.34. The number of carbonyl (C=O) groups excluding carboxylic acids is 3. The number of aryl methyl sites for hydroxylation is 1. The normalized spacial score (nSPS) is 18.4. The van der Waals surface area contributed by atoms with Gasteiger partial charge in [0.05, 0.1) is 17.4 Å². The Kier molecular flexibility index (Phi) is 5.02. The number of hydrogen-bond donors (Lipinski definition) is 1. The maximum Gasteiger partial charge on any atom is 0.307 e. The van der Waals surface area contributed by atoms with E-state index in [4.69, 9.17) is 4.74 Å². The van der Waals surface area contributed by atoms with E-state index in [0.29, 0.717) is 11.6 Å². The number of amides is 1. The molecular formula is C21H22N2O4S. The largest absolute Gasteiger partial charge is 0.457 e. The van der Waals surface area contributed by atoms with Gasteiger partial charge in [0, 0.05) is 27.9 Å². The molecule has 146 valence electrons. The minimum Gasteiger partial charge on any atom is -0.457 e. The number of esters is 1. The van der Waals surface area contributed by atoms with E-state index in [1.807, 2.05) is 44.2 Å². The highest BCUT2D eigenvalue weighted by molar-refractivity contribution is 8.01. The van der Waals surface area contributed by atoms with Gasteiger partial charge >= 0.3 is 5.97 Å². The Morgan fingerprint density at radius 3 is 2.75 bits per heavy atom. The molecule has 7 heteroatoms. The molecule has 1 fully saturated rings. The highest BCUT2D eigenvalue weighted by Gasteiger charge is 2.31. The first-order chi connectivity index (χ1) is 13.4. The zero-order valence-corrected chi connectivity index (χ0v) is 16.7. The molecule has 0 spiro atoms. The second-order valence-corrected chi connectivity index (χ2v) is 8.51. The topological polar surface area (TPSA) is 77.4 Å². The molecule has 1 saturated carbocycles. The number of ketones is 1. The van der Waals surface area contributed by atoms with Crippen molar-refractivity contribution >= 4 is 35.1 Å².